The van der Waals surface area contributed by atoms with Gasteiger partial charge in [0.15, 0.2) is 5.82 Å². The highest BCUT2D eigenvalue weighted by Crippen LogP contribution is 2.28. The van der Waals surface area contributed by atoms with Gasteiger partial charge in [0.1, 0.15) is 0 Å². The molecule has 0 spiro atoms. The standard InChI is InChI=1S/C13H9N3O2/c17-16(18)12-7-2-1-6-11(12)13-14-9-10-5-3-4-8-15(10)13/h1-9H. The van der Waals surface area contributed by atoms with Gasteiger partial charge in [0.2, 0.25) is 0 Å². The summed E-state index contributed by atoms with van der Waals surface area (Å²) in [5.74, 6) is 0.581. The highest BCUT2D eigenvalue weighted by molar-refractivity contribution is 5.71. The van der Waals surface area contributed by atoms with Crippen LogP contribution in [0.4, 0.5) is 5.69 Å². The molecule has 0 N–H and O–H groups in total. The molecule has 5 nitrogen and oxygen atoms in total. The van der Waals surface area contributed by atoms with E-state index in [4.69, 9.17) is 0 Å². The first-order valence-corrected chi connectivity index (χ1v) is 5.43. The average Bonchev–Trinajstić information content (AvgIpc) is 2.82. The molecule has 2 heterocycles. The Balaban J connectivity index is 2.30. The fourth-order valence-corrected chi connectivity index (χ4v) is 1.97. The monoisotopic (exact) mass is 239 g/mol. The number of nitro benzene ring substituents is 1. The summed E-state index contributed by atoms with van der Waals surface area (Å²) in [5, 5.41) is 11.0. The summed E-state index contributed by atoms with van der Waals surface area (Å²) >= 11 is 0. The zero-order chi connectivity index (χ0) is 12.5. The van der Waals surface area contributed by atoms with Crippen molar-refractivity contribution < 1.29 is 4.92 Å². The third-order valence-electron chi connectivity index (χ3n) is 2.78. The van der Waals surface area contributed by atoms with Crippen molar-refractivity contribution in [3.63, 3.8) is 0 Å². The summed E-state index contributed by atoms with van der Waals surface area (Å²) in [4.78, 5) is 14.9. The normalized spacial score (nSPS) is 10.7. The Morgan fingerprint density at radius 2 is 1.89 bits per heavy atom. The van der Waals surface area contributed by atoms with Crippen molar-refractivity contribution in [3.05, 3.63) is 65.0 Å². The van der Waals surface area contributed by atoms with E-state index in [1.165, 1.54) is 6.07 Å². The van der Waals surface area contributed by atoms with E-state index >= 15 is 0 Å². The number of nitrogens with zero attached hydrogens (tertiary/aromatic N) is 3. The summed E-state index contributed by atoms with van der Waals surface area (Å²) in [5.41, 5.74) is 1.49. The molecule has 0 aliphatic rings. The van der Waals surface area contributed by atoms with Crippen LogP contribution in [0.3, 0.4) is 0 Å². The van der Waals surface area contributed by atoms with Gasteiger partial charge in [-0.2, -0.15) is 0 Å². The molecule has 5 heteroatoms. The molecule has 3 rings (SSSR count). The van der Waals surface area contributed by atoms with Gasteiger partial charge in [-0.05, 0) is 18.2 Å². The number of rotatable bonds is 2. The smallest absolute Gasteiger partial charge is 0.280 e. The van der Waals surface area contributed by atoms with Crippen LogP contribution in [0.15, 0.2) is 54.9 Å². The number of imidazole rings is 1. The van der Waals surface area contributed by atoms with Gasteiger partial charge in [-0.3, -0.25) is 14.5 Å². The Kier molecular flexibility index (Phi) is 2.30. The lowest BCUT2D eigenvalue weighted by atomic mass is 10.1. The first kappa shape index (κ1) is 10.5. The molecule has 0 saturated heterocycles. The molecule has 0 saturated carbocycles. The molecule has 0 radical (unpaired) electrons. The van der Waals surface area contributed by atoms with Crippen LogP contribution in [0, 0.1) is 10.1 Å². The van der Waals surface area contributed by atoms with Gasteiger partial charge in [-0.25, -0.2) is 4.98 Å². The van der Waals surface area contributed by atoms with Gasteiger partial charge in [-0.1, -0.05) is 18.2 Å². The maximum atomic E-state index is 11.0. The van der Waals surface area contributed by atoms with E-state index in [0.29, 0.717) is 11.4 Å². The largest absolute Gasteiger partial charge is 0.300 e. The van der Waals surface area contributed by atoms with E-state index in [2.05, 4.69) is 4.98 Å². The number of benzene rings is 1. The lowest BCUT2D eigenvalue weighted by Gasteiger charge is -2.02. The van der Waals surface area contributed by atoms with E-state index < -0.39 is 0 Å². The van der Waals surface area contributed by atoms with Gasteiger partial charge in [0.25, 0.3) is 5.69 Å². The first-order valence-electron chi connectivity index (χ1n) is 5.43. The Hall–Kier alpha value is -2.69. The second-order valence-corrected chi connectivity index (χ2v) is 3.85. The van der Waals surface area contributed by atoms with Crippen LogP contribution in [0.1, 0.15) is 0 Å². The lowest BCUT2D eigenvalue weighted by molar-refractivity contribution is -0.384. The molecule has 88 valence electrons. The SMILES string of the molecule is O=[N+]([O-])c1ccccc1-c1ncc2ccccn12. The lowest BCUT2D eigenvalue weighted by Crippen LogP contribution is -1.95. The van der Waals surface area contributed by atoms with Gasteiger partial charge in [0.05, 0.1) is 22.2 Å². The number of para-hydroxylation sites is 1. The molecule has 0 fully saturated rings. The molecule has 0 bridgehead atoms. The summed E-state index contributed by atoms with van der Waals surface area (Å²) in [6.45, 7) is 0. The van der Waals surface area contributed by atoms with Crippen molar-refractivity contribution in [2.24, 2.45) is 0 Å². The summed E-state index contributed by atoms with van der Waals surface area (Å²) < 4.78 is 1.84. The van der Waals surface area contributed by atoms with Gasteiger partial charge in [0, 0.05) is 12.3 Å². The maximum Gasteiger partial charge on any atom is 0.280 e. The van der Waals surface area contributed by atoms with Gasteiger partial charge < -0.3 is 0 Å². The molecule has 0 aliphatic heterocycles. The predicted octanol–water partition coefficient (Wildman–Crippen LogP) is 2.91. The molecule has 0 atom stereocenters. The molecule has 0 aliphatic carbocycles. The van der Waals surface area contributed by atoms with Crippen LogP contribution < -0.4 is 0 Å². The van der Waals surface area contributed by atoms with E-state index in [0.717, 1.165) is 5.52 Å². The van der Waals surface area contributed by atoms with Crippen molar-refractivity contribution >= 4 is 11.2 Å². The van der Waals surface area contributed by atoms with Crippen LogP contribution >= 0.6 is 0 Å². The Morgan fingerprint density at radius 3 is 2.72 bits per heavy atom. The quantitative estimate of drug-likeness (QED) is 0.510. The third kappa shape index (κ3) is 1.53. The molecule has 3 aromatic rings. The minimum Gasteiger partial charge on any atom is -0.300 e. The minimum absolute atomic E-state index is 0.0638. The molecule has 0 unspecified atom stereocenters. The third-order valence-corrected chi connectivity index (χ3v) is 2.78. The van der Waals surface area contributed by atoms with Crippen molar-refractivity contribution in [1.82, 2.24) is 9.38 Å². The average molecular weight is 239 g/mol. The number of pyridine rings is 1. The fraction of sp³-hybridized carbons (Fsp3) is 0. The fourth-order valence-electron chi connectivity index (χ4n) is 1.97. The summed E-state index contributed by atoms with van der Waals surface area (Å²) in [6.07, 6.45) is 3.54. The van der Waals surface area contributed by atoms with Gasteiger partial charge in [-0.15, -0.1) is 0 Å². The second-order valence-electron chi connectivity index (χ2n) is 3.85. The molecule has 0 amide bonds. The van der Waals surface area contributed by atoms with Crippen LogP contribution in [-0.2, 0) is 0 Å². The number of hydrogen-bond acceptors (Lipinski definition) is 3. The number of aromatic nitrogens is 2. The van der Waals surface area contributed by atoms with Crippen molar-refractivity contribution in [1.29, 1.82) is 0 Å². The molecule has 2 aromatic heterocycles. The van der Waals surface area contributed by atoms with Crippen molar-refractivity contribution in [2.45, 2.75) is 0 Å². The van der Waals surface area contributed by atoms with E-state index in [1.54, 1.807) is 24.4 Å². The maximum absolute atomic E-state index is 11.0. The van der Waals surface area contributed by atoms with E-state index in [-0.39, 0.29) is 10.6 Å². The number of nitro groups is 1. The molecule has 18 heavy (non-hydrogen) atoms. The minimum atomic E-state index is -0.390. The first-order chi connectivity index (χ1) is 8.77. The van der Waals surface area contributed by atoms with Crippen molar-refractivity contribution in [3.8, 4) is 11.4 Å². The summed E-state index contributed by atoms with van der Waals surface area (Å²) in [7, 11) is 0. The Labute approximate surface area is 102 Å². The predicted molar refractivity (Wildman–Crippen MR) is 67.3 cm³/mol. The Bertz CT molecular complexity index is 734. The number of hydrogen-bond donors (Lipinski definition) is 0. The van der Waals surface area contributed by atoms with Crippen LogP contribution in [0.2, 0.25) is 0 Å². The topological polar surface area (TPSA) is 60.4 Å². The summed E-state index contributed by atoms with van der Waals surface area (Å²) in [6, 6.07) is 12.3. The van der Waals surface area contributed by atoms with Crippen LogP contribution in [0.5, 0.6) is 0 Å². The second kappa shape index (κ2) is 3.96. The molecular weight excluding hydrogens is 230 g/mol. The number of fused-ring (bicyclic) bond motifs is 1. The highest BCUT2D eigenvalue weighted by atomic mass is 16.6. The highest BCUT2D eigenvalue weighted by Gasteiger charge is 2.17. The van der Waals surface area contributed by atoms with Crippen molar-refractivity contribution in [2.75, 3.05) is 0 Å². The Morgan fingerprint density at radius 1 is 1.11 bits per heavy atom. The zero-order valence-electron chi connectivity index (χ0n) is 9.35. The van der Waals surface area contributed by atoms with E-state index in [9.17, 15) is 10.1 Å². The molecular formula is C13H9N3O2. The molecule has 1 aromatic carbocycles. The van der Waals surface area contributed by atoms with Crippen LogP contribution in [0.25, 0.3) is 16.9 Å². The zero-order valence-corrected chi connectivity index (χ0v) is 9.35. The van der Waals surface area contributed by atoms with Crippen LogP contribution in [-0.4, -0.2) is 14.3 Å². The van der Waals surface area contributed by atoms with E-state index in [1.807, 2.05) is 28.8 Å². The van der Waals surface area contributed by atoms with Gasteiger partial charge >= 0.3 is 0 Å².